The molecule has 1 N–H and O–H groups in total. The van der Waals surface area contributed by atoms with Gasteiger partial charge in [-0.2, -0.15) is 13.2 Å². The fraction of sp³-hybridized carbons (Fsp3) is 0.474. The lowest BCUT2D eigenvalue weighted by Gasteiger charge is -2.20. The maximum Gasteiger partial charge on any atom is 0.438 e. The Morgan fingerprint density at radius 3 is 2.66 bits per heavy atom. The summed E-state index contributed by atoms with van der Waals surface area (Å²) < 4.78 is 40.5. The van der Waals surface area contributed by atoms with Crippen LogP contribution in [-0.4, -0.2) is 45.9 Å². The van der Waals surface area contributed by atoms with E-state index in [0.717, 1.165) is 11.0 Å². The second-order valence-corrected chi connectivity index (χ2v) is 6.93. The lowest BCUT2D eigenvalue weighted by atomic mass is 10.2. The summed E-state index contributed by atoms with van der Waals surface area (Å²) >= 11 is 0. The van der Waals surface area contributed by atoms with Crippen LogP contribution in [0, 0.1) is 0 Å². The summed E-state index contributed by atoms with van der Waals surface area (Å²) in [6.45, 7) is 2.82. The van der Waals surface area contributed by atoms with Gasteiger partial charge in [-0.15, -0.1) is 0 Å². The highest BCUT2D eigenvalue weighted by Crippen LogP contribution is 2.27. The van der Waals surface area contributed by atoms with E-state index in [1.54, 1.807) is 11.0 Å². The molecule has 7 nitrogen and oxygen atoms in total. The van der Waals surface area contributed by atoms with E-state index >= 15 is 0 Å². The van der Waals surface area contributed by atoms with Gasteiger partial charge in [0.15, 0.2) is 0 Å². The number of carbonyl (C=O) groups excluding carboxylic acids is 2. The molecule has 1 aromatic carbocycles. The van der Waals surface area contributed by atoms with E-state index in [0.29, 0.717) is 25.9 Å². The molecular weight excluding hydrogens is 389 g/mol. The van der Waals surface area contributed by atoms with Gasteiger partial charge in [-0.1, -0.05) is 12.1 Å². The second kappa shape index (κ2) is 8.22. The number of fused-ring (bicyclic) bond motifs is 1. The molecule has 0 bridgehead atoms. The van der Waals surface area contributed by atoms with Gasteiger partial charge in [0.2, 0.25) is 17.5 Å². The largest absolute Gasteiger partial charge is 0.438 e. The van der Waals surface area contributed by atoms with Gasteiger partial charge in [0.05, 0.1) is 11.0 Å². The SMILES string of the molecule is CC(C(=O)NCCCN1CCCC1=O)n1c(=O)c(C(F)(F)F)nc2ccccc21. The minimum Gasteiger partial charge on any atom is -0.354 e. The van der Waals surface area contributed by atoms with Crippen molar-refractivity contribution >= 4 is 22.8 Å². The molecule has 2 heterocycles. The first-order chi connectivity index (χ1) is 13.7. The number of para-hydroxylation sites is 2. The Morgan fingerprint density at radius 1 is 1.28 bits per heavy atom. The zero-order valence-electron chi connectivity index (χ0n) is 15.8. The summed E-state index contributed by atoms with van der Waals surface area (Å²) in [4.78, 5) is 41.7. The molecule has 1 unspecified atom stereocenters. The molecule has 29 heavy (non-hydrogen) atoms. The van der Waals surface area contributed by atoms with Crippen LogP contribution in [0.15, 0.2) is 29.1 Å². The molecule has 1 saturated heterocycles. The number of nitrogens with one attached hydrogen (secondary N) is 1. The third-order valence-corrected chi connectivity index (χ3v) is 4.91. The smallest absolute Gasteiger partial charge is 0.354 e. The average Bonchev–Trinajstić information content (AvgIpc) is 3.08. The average molecular weight is 410 g/mol. The fourth-order valence-corrected chi connectivity index (χ4v) is 3.41. The highest BCUT2D eigenvalue weighted by atomic mass is 19.4. The predicted molar refractivity (Wildman–Crippen MR) is 99.2 cm³/mol. The van der Waals surface area contributed by atoms with Gasteiger partial charge in [0.25, 0.3) is 5.56 Å². The molecule has 0 aliphatic carbocycles. The van der Waals surface area contributed by atoms with Crippen molar-refractivity contribution < 1.29 is 22.8 Å². The molecule has 1 aromatic heterocycles. The lowest BCUT2D eigenvalue weighted by molar-refractivity contribution is -0.142. The highest BCUT2D eigenvalue weighted by Gasteiger charge is 2.38. The minimum atomic E-state index is -4.93. The Bertz CT molecular complexity index is 987. The number of carbonyl (C=O) groups is 2. The zero-order chi connectivity index (χ0) is 21.2. The summed E-state index contributed by atoms with van der Waals surface area (Å²) in [5.41, 5.74) is -2.78. The van der Waals surface area contributed by atoms with Crippen LogP contribution in [0.5, 0.6) is 0 Å². The van der Waals surface area contributed by atoms with Crippen molar-refractivity contribution in [1.82, 2.24) is 19.8 Å². The number of amides is 2. The molecule has 3 rings (SSSR count). The molecule has 0 radical (unpaired) electrons. The highest BCUT2D eigenvalue weighted by molar-refractivity contribution is 5.83. The van der Waals surface area contributed by atoms with E-state index < -0.39 is 29.4 Å². The molecule has 1 fully saturated rings. The zero-order valence-corrected chi connectivity index (χ0v) is 15.8. The predicted octanol–water partition coefficient (Wildman–Crippen LogP) is 2.10. The summed E-state index contributed by atoms with van der Waals surface area (Å²) in [7, 11) is 0. The molecule has 0 spiro atoms. The van der Waals surface area contributed by atoms with E-state index in [1.807, 2.05) is 0 Å². The third-order valence-electron chi connectivity index (χ3n) is 4.91. The Hall–Kier alpha value is -2.91. The number of rotatable bonds is 6. The van der Waals surface area contributed by atoms with E-state index in [4.69, 9.17) is 0 Å². The first kappa shape index (κ1) is 20.8. The van der Waals surface area contributed by atoms with Crippen LogP contribution in [0.1, 0.15) is 37.9 Å². The molecule has 156 valence electrons. The standard InChI is InChI=1S/C19H21F3N4O3/c1-12(17(28)23-9-5-11-25-10-4-8-15(25)27)26-14-7-3-2-6-13(14)24-16(18(26)29)19(20,21)22/h2-3,6-7,12H,4-5,8-11H2,1H3,(H,23,28). The van der Waals surface area contributed by atoms with Gasteiger partial charge in [0.1, 0.15) is 6.04 Å². The number of benzene rings is 1. The maximum atomic E-state index is 13.2. The molecule has 2 aromatic rings. The van der Waals surface area contributed by atoms with Crippen LogP contribution in [-0.2, 0) is 15.8 Å². The number of halogens is 3. The van der Waals surface area contributed by atoms with Crippen LogP contribution < -0.4 is 10.9 Å². The quantitative estimate of drug-likeness (QED) is 0.740. The van der Waals surface area contributed by atoms with Gasteiger partial charge in [-0.3, -0.25) is 19.0 Å². The van der Waals surface area contributed by atoms with E-state index in [9.17, 15) is 27.6 Å². The van der Waals surface area contributed by atoms with E-state index in [2.05, 4.69) is 10.3 Å². The topological polar surface area (TPSA) is 84.3 Å². The molecule has 2 amide bonds. The number of alkyl halides is 3. The Balaban J connectivity index is 1.78. The van der Waals surface area contributed by atoms with Crippen molar-refractivity contribution in [3.05, 3.63) is 40.3 Å². The Kier molecular flexibility index (Phi) is 5.90. The van der Waals surface area contributed by atoms with Gasteiger partial charge < -0.3 is 10.2 Å². The van der Waals surface area contributed by atoms with Crippen LogP contribution in [0.25, 0.3) is 11.0 Å². The Morgan fingerprint density at radius 2 is 2.00 bits per heavy atom. The van der Waals surface area contributed by atoms with Crippen molar-refractivity contribution in [3.8, 4) is 0 Å². The summed E-state index contributed by atoms with van der Waals surface area (Å²) in [6.07, 6.45) is -3.06. The first-order valence-electron chi connectivity index (χ1n) is 9.34. The van der Waals surface area contributed by atoms with Crippen molar-refractivity contribution in [2.75, 3.05) is 19.6 Å². The van der Waals surface area contributed by atoms with Crippen molar-refractivity contribution in [1.29, 1.82) is 0 Å². The monoisotopic (exact) mass is 410 g/mol. The van der Waals surface area contributed by atoms with Crippen molar-refractivity contribution in [2.24, 2.45) is 0 Å². The van der Waals surface area contributed by atoms with Crippen molar-refractivity contribution in [3.63, 3.8) is 0 Å². The van der Waals surface area contributed by atoms with Crippen LogP contribution in [0.4, 0.5) is 13.2 Å². The fourth-order valence-electron chi connectivity index (χ4n) is 3.41. The van der Waals surface area contributed by atoms with Gasteiger partial charge in [0, 0.05) is 26.1 Å². The molecule has 10 heteroatoms. The molecular formula is C19H21F3N4O3. The molecule has 1 aliphatic rings. The van der Waals surface area contributed by atoms with Crippen LogP contribution >= 0.6 is 0 Å². The summed E-state index contributed by atoms with van der Waals surface area (Å²) in [6, 6.07) is 4.72. The number of aromatic nitrogens is 2. The van der Waals surface area contributed by atoms with Crippen LogP contribution in [0.2, 0.25) is 0 Å². The maximum absolute atomic E-state index is 13.2. The molecule has 1 aliphatic heterocycles. The number of nitrogens with zero attached hydrogens (tertiary/aromatic N) is 3. The van der Waals surface area contributed by atoms with Gasteiger partial charge in [-0.25, -0.2) is 4.98 Å². The number of hydrogen-bond acceptors (Lipinski definition) is 4. The van der Waals surface area contributed by atoms with Gasteiger partial charge in [-0.05, 0) is 31.9 Å². The normalized spacial score (nSPS) is 15.7. The molecule has 0 saturated carbocycles. The summed E-state index contributed by atoms with van der Waals surface area (Å²) in [5, 5.41) is 2.63. The van der Waals surface area contributed by atoms with Crippen molar-refractivity contribution in [2.45, 2.75) is 38.4 Å². The molecule has 1 atom stereocenters. The van der Waals surface area contributed by atoms with Gasteiger partial charge >= 0.3 is 6.18 Å². The number of likely N-dealkylation sites (tertiary alicyclic amines) is 1. The third kappa shape index (κ3) is 4.41. The Labute approximate surface area is 164 Å². The minimum absolute atomic E-state index is 0.0216. The van der Waals surface area contributed by atoms with E-state index in [-0.39, 0.29) is 23.5 Å². The van der Waals surface area contributed by atoms with Crippen LogP contribution in [0.3, 0.4) is 0 Å². The number of hydrogen-bond donors (Lipinski definition) is 1. The van der Waals surface area contributed by atoms with E-state index in [1.165, 1.54) is 25.1 Å². The second-order valence-electron chi connectivity index (χ2n) is 6.93. The first-order valence-corrected chi connectivity index (χ1v) is 9.34. The lowest BCUT2D eigenvalue weighted by Crippen LogP contribution is -2.39. The summed E-state index contributed by atoms with van der Waals surface area (Å²) in [5.74, 6) is -0.497.